The Morgan fingerprint density at radius 2 is 1.78 bits per heavy atom. The fourth-order valence-corrected chi connectivity index (χ4v) is 5.54. The van der Waals surface area contributed by atoms with E-state index in [2.05, 4.69) is 14.8 Å². The third-order valence-corrected chi connectivity index (χ3v) is 7.55. The van der Waals surface area contributed by atoms with Crippen molar-refractivity contribution in [1.82, 2.24) is 23.8 Å². The summed E-state index contributed by atoms with van der Waals surface area (Å²) in [6, 6.07) is 5.54. The van der Waals surface area contributed by atoms with Gasteiger partial charge in [-0.25, -0.2) is 13.4 Å². The van der Waals surface area contributed by atoms with Crippen molar-refractivity contribution in [2.75, 3.05) is 26.2 Å². The normalized spacial score (nSPS) is 16.5. The zero-order valence-electron chi connectivity index (χ0n) is 16.7. The summed E-state index contributed by atoms with van der Waals surface area (Å²) in [6.45, 7) is 3.40. The molecule has 1 aliphatic heterocycles. The van der Waals surface area contributed by atoms with E-state index in [1.807, 2.05) is 4.90 Å². The molecule has 0 saturated carbocycles. The topological polar surface area (TPSA) is 97.1 Å². The Morgan fingerprint density at radius 1 is 1.12 bits per heavy atom. The quantitative estimate of drug-likeness (QED) is 0.540. The second kappa shape index (κ2) is 8.42. The first-order valence-corrected chi connectivity index (χ1v) is 11.7. The number of benzene rings is 1. The van der Waals surface area contributed by atoms with E-state index >= 15 is 0 Å². The standard InChI is InChI=1S/C18H18F3N5O4S2/c1-12-23-26-16(27)10-13(22-17(26)31-12)11-24-6-8-25(9-7-24)32(28,29)15-4-2-14(3-5-15)30-18(19,20)21/h2-5,10H,6-9,11H2,1H3. The molecule has 0 radical (unpaired) electrons. The lowest BCUT2D eigenvalue weighted by molar-refractivity contribution is -0.274. The van der Waals surface area contributed by atoms with Crippen LogP contribution in [0.3, 0.4) is 0 Å². The van der Waals surface area contributed by atoms with Gasteiger partial charge in [-0.2, -0.15) is 13.9 Å². The second-order valence-electron chi connectivity index (χ2n) is 7.10. The van der Waals surface area contributed by atoms with Gasteiger partial charge >= 0.3 is 6.36 Å². The molecule has 0 atom stereocenters. The van der Waals surface area contributed by atoms with Crippen molar-refractivity contribution in [1.29, 1.82) is 0 Å². The summed E-state index contributed by atoms with van der Waals surface area (Å²) in [7, 11) is -3.86. The Morgan fingerprint density at radius 3 is 2.41 bits per heavy atom. The fraction of sp³-hybridized carbons (Fsp3) is 0.389. The van der Waals surface area contributed by atoms with Crippen molar-refractivity contribution >= 4 is 26.3 Å². The van der Waals surface area contributed by atoms with Crippen molar-refractivity contribution in [2.24, 2.45) is 0 Å². The van der Waals surface area contributed by atoms with Gasteiger partial charge in [-0.15, -0.1) is 13.2 Å². The molecule has 9 nitrogen and oxygen atoms in total. The summed E-state index contributed by atoms with van der Waals surface area (Å²) >= 11 is 1.31. The Hall–Kier alpha value is -2.55. The SMILES string of the molecule is Cc1nn2c(=O)cc(CN3CCN(S(=O)(=O)c4ccc(OC(F)(F)F)cc4)CC3)nc2s1. The molecule has 1 fully saturated rings. The largest absolute Gasteiger partial charge is 0.573 e. The average molecular weight is 490 g/mol. The van der Waals surface area contributed by atoms with Gasteiger partial charge < -0.3 is 4.74 Å². The number of fused-ring (bicyclic) bond motifs is 1. The maximum atomic E-state index is 12.8. The number of halogens is 3. The monoisotopic (exact) mass is 489 g/mol. The average Bonchev–Trinajstić information content (AvgIpc) is 3.08. The molecule has 4 rings (SSSR count). The molecule has 3 heterocycles. The Labute approximate surface area is 184 Å². The maximum Gasteiger partial charge on any atom is 0.573 e. The van der Waals surface area contributed by atoms with Gasteiger partial charge in [0.1, 0.15) is 10.8 Å². The number of ether oxygens (including phenoxy) is 1. The minimum absolute atomic E-state index is 0.110. The van der Waals surface area contributed by atoms with Gasteiger partial charge in [0.05, 0.1) is 10.6 Å². The minimum Gasteiger partial charge on any atom is -0.406 e. The Kier molecular flexibility index (Phi) is 5.96. The third-order valence-electron chi connectivity index (χ3n) is 4.81. The van der Waals surface area contributed by atoms with Crippen molar-refractivity contribution in [3.05, 3.63) is 51.4 Å². The number of aryl methyl sites for hydroxylation is 1. The molecular weight excluding hydrogens is 471 g/mol. The molecule has 0 spiro atoms. The third kappa shape index (κ3) is 4.92. The van der Waals surface area contributed by atoms with Crippen LogP contribution in [0, 0.1) is 6.92 Å². The molecule has 32 heavy (non-hydrogen) atoms. The smallest absolute Gasteiger partial charge is 0.406 e. The van der Waals surface area contributed by atoms with Gasteiger partial charge in [-0.1, -0.05) is 11.3 Å². The zero-order chi connectivity index (χ0) is 23.1. The lowest BCUT2D eigenvalue weighted by Gasteiger charge is -2.33. The summed E-state index contributed by atoms with van der Waals surface area (Å²) in [6.07, 6.45) is -4.85. The summed E-state index contributed by atoms with van der Waals surface area (Å²) in [5.74, 6) is -0.488. The fourth-order valence-electron chi connectivity index (χ4n) is 3.35. The summed E-state index contributed by atoms with van der Waals surface area (Å²) < 4.78 is 68.8. The molecule has 1 aliphatic rings. The molecule has 14 heteroatoms. The van der Waals surface area contributed by atoms with Crippen LogP contribution < -0.4 is 10.3 Å². The highest BCUT2D eigenvalue weighted by Crippen LogP contribution is 2.25. The van der Waals surface area contributed by atoms with Crippen LogP contribution in [0.15, 0.2) is 40.0 Å². The van der Waals surface area contributed by atoms with Crippen LogP contribution in [0.5, 0.6) is 5.75 Å². The van der Waals surface area contributed by atoms with E-state index in [0.29, 0.717) is 30.3 Å². The number of nitrogens with zero attached hydrogens (tertiary/aromatic N) is 5. The summed E-state index contributed by atoms with van der Waals surface area (Å²) in [5.41, 5.74) is 0.309. The Balaban J connectivity index is 1.40. The molecule has 0 N–H and O–H groups in total. The van der Waals surface area contributed by atoms with Gasteiger partial charge in [0.25, 0.3) is 5.56 Å². The van der Waals surface area contributed by atoms with Crippen LogP contribution in [0.25, 0.3) is 4.96 Å². The molecule has 1 saturated heterocycles. The van der Waals surface area contributed by atoms with Crippen LogP contribution in [-0.4, -0.2) is 64.8 Å². The second-order valence-corrected chi connectivity index (χ2v) is 10.2. The lowest BCUT2D eigenvalue weighted by atomic mass is 10.3. The van der Waals surface area contributed by atoms with Crippen molar-refractivity contribution in [3.63, 3.8) is 0 Å². The highest BCUT2D eigenvalue weighted by atomic mass is 32.2. The molecular formula is C18H18F3N5O4S2. The highest BCUT2D eigenvalue weighted by molar-refractivity contribution is 7.89. The summed E-state index contributed by atoms with van der Waals surface area (Å²) in [5, 5.41) is 4.82. The van der Waals surface area contributed by atoms with E-state index in [0.717, 1.165) is 29.3 Å². The predicted molar refractivity (Wildman–Crippen MR) is 109 cm³/mol. The van der Waals surface area contributed by atoms with Crippen molar-refractivity contribution in [2.45, 2.75) is 24.7 Å². The highest BCUT2D eigenvalue weighted by Gasteiger charge is 2.32. The summed E-state index contributed by atoms with van der Waals surface area (Å²) in [4.78, 5) is 19.0. The molecule has 0 aliphatic carbocycles. The number of hydrogen-bond donors (Lipinski definition) is 0. The van der Waals surface area contributed by atoms with Crippen LogP contribution >= 0.6 is 11.3 Å². The van der Waals surface area contributed by atoms with E-state index < -0.39 is 22.1 Å². The zero-order valence-corrected chi connectivity index (χ0v) is 18.4. The number of sulfonamides is 1. The molecule has 0 amide bonds. The van der Waals surface area contributed by atoms with Gasteiger partial charge in [-0.3, -0.25) is 9.69 Å². The van der Waals surface area contributed by atoms with Crippen LogP contribution in [0.1, 0.15) is 10.7 Å². The van der Waals surface area contributed by atoms with E-state index in [4.69, 9.17) is 0 Å². The first kappa shape index (κ1) is 22.6. The lowest BCUT2D eigenvalue weighted by Crippen LogP contribution is -2.48. The number of alkyl halides is 3. The Bertz CT molecular complexity index is 1280. The molecule has 0 unspecified atom stereocenters. The number of hydrogen-bond acceptors (Lipinski definition) is 8. The maximum absolute atomic E-state index is 12.8. The van der Waals surface area contributed by atoms with E-state index in [1.165, 1.54) is 26.2 Å². The molecule has 3 aromatic rings. The van der Waals surface area contributed by atoms with E-state index in [-0.39, 0.29) is 23.5 Å². The molecule has 2 aromatic heterocycles. The van der Waals surface area contributed by atoms with Gasteiger partial charge in [0.2, 0.25) is 15.0 Å². The molecule has 0 bridgehead atoms. The van der Waals surface area contributed by atoms with Gasteiger partial charge in [0, 0.05) is 38.8 Å². The predicted octanol–water partition coefficient (Wildman–Crippen LogP) is 1.86. The van der Waals surface area contributed by atoms with Crippen molar-refractivity contribution in [3.8, 4) is 5.75 Å². The van der Waals surface area contributed by atoms with E-state index in [9.17, 15) is 26.4 Å². The van der Waals surface area contributed by atoms with Crippen LogP contribution in [-0.2, 0) is 16.6 Å². The first-order valence-electron chi connectivity index (χ1n) is 9.46. The molecule has 172 valence electrons. The number of rotatable bonds is 5. The van der Waals surface area contributed by atoms with Gasteiger partial charge in [-0.05, 0) is 31.2 Å². The number of aromatic nitrogens is 3. The first-order chi connectivity index (χ1) is 15.0. The van der Waals surface area contributed by atoms with E-state index in [1.54, 1.807) is 6.92 Å². The van der Waals surface area contributed by atoms with Crippen LogP contribution in [0.2, 0.25) is 0 Å². The van der Waals surface area contributed by atoms with Crippen molar-refractivity contribution < 1.29 is 26.3 Å². The van der Waals surface area contributed by atoms with Crippen LogP contribution in [0.4, 0.5) is 13.2 Å². The number of piperazine rings is 1. The molecule has 1 aromatic carbocycles. The minimum atomic E-state index is -4.85. The van der Waals surface area contributed by atoms with Gasteiger partial charge in [0.15, 0.2) is 0 Å².